The van der Waals surface area contributed by atoms with Crippen molar-refractivity contribution >= 4 is 43.6 Å². The number of benzene rings is 1. The third-order valence-electron chi connectivity index (χ3n) is 8.19. The molecule has 0 spiro atoms. The minimum absolute atomic E-state index is 0.0125. The van der Waals surface area contributed by atoms with E-state index in [0.717, 1.165) is 44.4 Å². The lowest BCUT2D eigenvalue weighted by atomic mass is 10.1. The van der Waals surface area contributed by atoms with Crippen LogP contribution in [0.1, 0.15) is 50.5 Å². The van der Waals surface area contributed by atoms with Gasteiger partial charge in [0.15, 0.2) is 6.04 Å². The molecule has 2 saturated heterocycles. The number of carbonyl (C=O) groups is 5. The number of piperazine rings is 1. The number of nitrogens with zero attached hydrogens (tertiary/aromatic N) is 4. The SMILES string of the molecule is CCCCOC(=O)N1CCN(C(=O)C(C[P+](=O)OC(OC(C)=O)OC(C)=O)NC(=O)c2cc(N3CCC(OC)C3)cc(-c3ccccc3)n2)CC1. The largest absolute Gasteiger partial charge is 0.518 e. The molecule has 0 aliphatic carbocycles. The first-order chi connectivity index (χ1) is 24.5. The standard InChI is InChI=1S/C34H44N5O11P/c1-5-6-18-47-33(44)38-16-14-37(15-17-38)32(43)30(22-51(45)50-34(48-23(2)40)49-24(3)41)36-31(42)29-20-26(39-13-12-27(21-39)46-4)19-28(35-29)25-10-8-7-9-11-25/h7-11,19-20,27,30,34H,5-6,12-18,21-22H2,1-4H3/p+1. The first-order valence-corrected chi connectivity index (χ1v) is 18.2. The zero-order chi connectivity index (χ0) is 36.9. The van der Waals surface area contributed by atoms with Crippen LogP contribution in [-0.2, 0) is 42.4 Å². The van der Waals surface area contributed by atoms with E-state index >= 15 is 0 Å². The molecule has 3 amide bonds. The Morgan fingerprint density at radius 3 is 2.24 bits per heavy atom. The third kappa shape index (κ3) is 11.7. The van der Waals surface area contributed by atoms with Crippen LogP contribution in [0.15, 0.2) is 42.5 Å². The Morgan fingerprint density at radius 2 is 1.63 bits per heavy atom. The molecule has 1 aromatic heterocycles. The molecule has 1 N–H and O–H groups in total. The van der Waals surface area contributed by atoms with Gasteiger partial charge in [-0.3, -0.25) is 19.2 Å². The molecule has 2 aromatic rings. The number of amides is 3. The van der Waals surface area contributed by atoms with Gasteiger partial charge in [0.2, 0.25) is 12.1 Å². The molecule has 1 aromatic carbocycles. The van der Waals surface area contributed by atoms with Crippen molar-refractivity contribution in [3.05, 3.63) is 48.2 Å². The zero-order valence-corrected chi connectivity index (χ0v) is 30.2. The number of pyridine rings is 1. The molecule has 4 rings (SSSR count). The van der Waals surface area contributed by atoms with Crippen molar-refractivity contribution in [2.45, 2.75) is 58.7 Å². The smallest absolute Gasteiger partial charge is 0.449 e. The van der Waals surface area contributed by atoms with Crippen molar-refractivity contribution in [3.8, 4) is 11.3 Å². The molecule has 0 bridgehead atoms. The Bertz CT molecular complexity index is 1540. The van der Waals surface area contributed by atoms with E-state index in [2.05, 4.69) is 15.2 Å². The van der Waals surface area contributed by atoms with Crippen LogP contribution < -0.4 is 10.2 Å². The highest BCUT2D eigenvalue weighted by molar-refractivity contribution is 7.39. The van der Waals surface area contributed by atoms with Gasteiger partial charge in [-0.05, 0) is 29.5 Å². The molecule has 3 heterocycles. The average molecular weight is 731 g/mol. The summed E-state index contributed by atoms with van der Waals surface area (Å²) >= 11 is 0. The van der Waals surface area contributed by atoms with Crippen LogP contribution in [0.25, 0.3) is 11.3 Å². The van der Waals surface area contributed by atoms with Gasteiger partial charge in [0, 0.05) is 71.5 Å². The molecule has 17 heteroatoms. The average Bonchev–Trinajstić information content (AvgIpc) is 3.60. The highest BCUT2D eigenvalue weighted by Crippen LogP contribution is 2.30. The van der Waals surface area contributed by atoms with Gasteiger partial charge in [-0.2, -0.15) is 0 Å². The van der Waals surface area contributed by atoms with Crippen LogP contribution in [0.2, 0.25) is 0 Å². The summed E-state index contributed by atoms with van der Waals surface area (Å²) in [7, 11) is -1.20. The molecule has 0 radical (unpaired) electrons. The Labute approximate surface area is 297 Å². The molecular weight excluding hydrogens is 685 g/mol. The van der Waals surface area contributed by atoms with Crippen LogP contribution in [0.4, 0.5) is 10.5 Å². The summed E-state index contributed by atoms with van der Waals surface area (Å²) in [5.41, 5.74) is 2.05. The van der Waals surface area contributed by atoms with Crippen molar-refractivity contribution in [3.63, 3.8) is 0 Å². The molecule has 0 saturated carbocycles. The number of unbranched alkanes of at least 4 members (excludes halogenated alkanes) is 1. The number of hydrogen-bond donors (Lipinski definition) is 1. The number of hydrogen-bond acceptors (Lipinski definition) is 13. The summed E-state index contributed by atoms with van der Waals surface area (Å²) in [6.45, 7) is 4.35. The monoisotopic (exact) mass is 730 g/mol. The van der Waals surface area contributed by atoms with Crippen molar-refractivity contribution in [1.29, 1.82) is 0 Å². The van der Waals surface area contributed by atoms with Gasteiger partial charge >= 0.3 is 32.5 Å². The molecule has 3 atom stereocenters. The van der Waals surface area contributed by atoms with Crippen LogP contribution in [0.3, 0.4) is 0 Å². The van der Waals surface area contributed by atoms with Gasteiger partial charge in [-0.15, -0.1) is 0 Å². The van der Waals surface area contributed by atoms with Gasteiger partial charge in [0.05, 0.1) is 18.4 Å². The normalized spacial score (nSPS) is 16.8. The number of methoxy groups -OCH3 is 1. The van der Waals surface area contributed by atoms with E-state index in [1.807, 2.05) is 43.3 Å². The first-order valence-electron chi connectivity index (χ1n) is 16.8. The highest BCUT2D eigenvalue weighted by atomic mass is 31.1. The summed E-state index contributed by atoms with van der Waals surface area (Å²) in [6.07, 6.45) is 1.39. The predicted octanol–water partition coefficient (Wildman–Crippen LogP) is 3.32. The maximum atomic E-state index is 13.9. The van der Waals surface area contributed by atoms with Gasteiger partial charge in [-0.1, -0.05) is 48.2 Å². The number of aromatic nitrogens is 1. The Hall–Kier alpha value is -4.66. The van der Waals surface area contributed by atoms with Gasteiger partial charge in [0.1, 0.15) is 5.69 Å². The van der Waals surface area contributed by atoms with E-state index in [9.17, 15) is 28.5 Å². The van der Waals surface area contributed by atoms with Crippen LogP contribution in [0, 0.1) is 0 Å². The minimum atomic E-state index is -2.86. The zero-order valence-electron chi connectivity index (χ0n) is 29.3. The maximum Gasteiger partial charge on any atom is 0.518 e. The molecule has 276 valence electrons. The lowest BCUT2D eigenvalue weighted by molar-refractivity contribution is -0.231. The maximum absolute atomic E-state index is 13.9. The van der Waals surface area contributed by atoms with E-state index in [4.69, 9.17) is 23.5 Å². The fraction of sp³-hybridized carbons (Fsp3) is 0.529. The topological polar surface area (TPSA) is 183 Å². The number of rotatable bonds is 15. The van der Waals surface area contributed by atoms with Gasteiger partial charge in [0.25, 0.3) is 5.91 Å². The van der Waals surface area contributed by atoms with Crippen LogP contribution in [-0.4, -0.2) is 122 Å². The molecular formula is C34H45N5O11P+. The van der Waals surface area contributed by atoms with Gasteiger partial charge in [-0.25, -0.2) is 9.78 Å². The van der Waals surface area contributed by atoms with Crippen molar-refractivity contribution in [1.82, 2.24) is 20.1 Å². The van der Waals surface area contributed by atoms with Crippen LogP contribution >= 0.6 is 8.03 Å². The predicted molar refractivity (Wildman–Crippen MR) is 184 cm³/mol. The number of nitrogens with one attached hydrogen (secondary N) is 1. The minimum Gasteiger partial charge on any atom is -0.449 e. The molecule has 2 aliphatic heterocycles. The summed E-state index contributed by atoms with van der Waals surface area (Å²) < 4.78 is 38.9. The second-order valence-corrected chi connectivity index (χ2v) is 13.2. The lowest BCUT2D eigenvalue weighted by Crippen LogP contribution is -2.56. The second kappa shape index (κ2) is 19.1. The number of carbonyl (C=O) groups excluding carboxylic acids is 5. The quantitative estimate of drug-likeness (QED) is 0.122. The summed E-state index contributed by atoms with van der Waals surface area (Å²) in [4.78, 5) is 73.1. The molecule has 3 unspecified atom stereocenters. The van der Waals surface area contributed by atoms with Crippen LogP contribution in [0.5, 0.6) is 0 Å². The molecule has 2 aliphatic rings. The third-order valence-corrected chi connectivity index (χ3v) is 9.26. The Morgan fingerprint density at radius 1 is 0.961 bits per heavy atom. The highest BCUT2D eigenvalue weighted by Gasteiger charge is 2.40. The molecule has 51 heavy (non-hydrogen) atoms. The second-order valence-electron chi connectivity index (χ2n) is 12.0. The molecule has 16 nitrogen and oxygen atoms in total. The van der Waals surface area contributed by atoms with Crippen molar-refractivity contribution in [2.24, 2.45) is 0 Å². The fourth-order valence-electron chi connectivity index (χ4n) is 5.50. The van der Waals surface area contributed by atoms with Crippen molar-refractivity contribution in [2.75, 3.05) is 64.0 Å². The number of esters is 2. The lowest BCUT2D eigenvalue weighted by Gasteiger charge is -2.35. The Balaban J connectivity index is 1.57. The van der Waals surface area contributed by atoms with E-state index in [0.29, 0.717) is 25.4 Å². The van der Waals surface area contributed by atoms with Gasteiger partial charge < -0.3 is 39.0 Å². The van der Waals surface area contributed by atoms with E-state index in [-0.39, 0.29) is 38.0 Å². The van der Waals surface area contributed by atoms with E-state index in [1.165, 1.54) is 9.80 Å². The number of anilines is 1. The van der Waals surface area contributed by atoms with E-state index in [1.54, 1.807) is 13.2 Å². The summed E-state index contributed by atoms with van der Waals surface area (Å²) in [5, 5.41) is 2.68. The number of ether oxygens (including phenoxy) is 4. The summed E-state index contributed by atoms with van der Waals surface area (Å²) in [5.74, 6) is -3.04. The Kier molecular flexibility index (Phi) is 14.6. The first kappa shape index (κ1) is 39.1. The van der Waals surface area contributed by atoms with E-state index < -0.39 is 56.6 Å². The fourth-order valence-corrected chi connectivity index (χ4v) is 6.41. The van der Waals surface area contributed by atoms with Crippen molar-refractivity contribution < 1.29 is 52.0 Å². The molecule has 2 fully saturated rings. The summed E-state index contributed by atoms with van der Waals surface area (Å²) in [6, 6.07) is 11.4.